The van der Waals surface area contributed by atoms with Gasteiger partial charge in [-0.15, -0.1) is 0 Å². The molecule has 4 heteroatoms. The summed E-state index contributed by atoms with van der Waals surface area (Å²) >= 11 is 0. The molecule has 23 heavy (non-hydrogen) atoms. The largest absolute Gasteiger partial charge is 0.464 e. The molecule has 1 rings (SSSR count). The summed E-state index contributed by atoms with van der Waals surface area (Å²) in [7, 11) is 0. The van der Waals surface area contributed by atoms with Crippen molar-refractivity contribution in [3.05, 3.63) is 0 Å². The minimum absolute atomic E-state index is 0.0442. The Morgan fingerprint density at radius 3 is 1.96 bits per heavy atom. The van der Waals surface area contributed by atoms with E-state index in [4.69, 9.17) is 4.74 Å². The maximum atomic E-state index is 11.7. The highest BCUT2D eigenvalue weighted by molar-refractivity contribution is 5.87. The van der Waals surface area contributed by atoms with Crippen LogP contribution in [0.3, 0.4) is 0 Å². The fourth-order valence-electron chi connectivity index (χ4n) is 3.01. The Hall–Kier alpha value is -1.06. The zero-order chi connectivity index (χ0) is 16.8. The van der Waals surface area contributed by atoms with Crippen LogP contribution in [0, 0.1) is 0 Å². The van der Waals surface area contributed by atoms with Crippen molar-refractivity contribution in [1.82, 2.24) is 5.32 Å². The third kappa shape index (κ3) is 10.4. The Kier molecular flexibility index (Phi) is 11.6. The summed E-state index contributed by atoms with van der Waals surface area (Å²) in [5.41, 5.74) is 0. The maximum Gasteiger partial charge on any atom is 0.328 e. The van der Waals surface area contributed by atoms with E-state index in [0.29, 0.717) is 19.4 Å². The summed E-state index contributed by atoms with van der Waals surface area (Å²) in [6.07, 6.45) is 16.6. The van der Waals surface area contributed by atoms with Crippen molar-refractivity contribution in [2.24, 2.45) is 0 Å². The molecule has 1 fully saturated rings. The van der Waals surface area contributed by atoms with Crippen LogP contribution in [0.5, 0.6) is 0 Å². The van der Waals surface area contributed by atoms with Gasteiger partial charge in [-0.05, 0) is 12.8 Å². The van der Waals surface area contributed by atoms with Gasteiger partial charge in [-0.25, -0.2) is 4.79 Å². The number of amides is 1. The van der Waals surface area contributed by atoms with Gasteiger partial charge < -0.3 is 10.1 Å². The minimum Gasteiger partial charge on any atom is -0.464 e. The summed E-state index contributed by atoms with van der Waals surface area (Å²) < 4.78 is 5.21. The average Bonchev–Trinajstić information content (AvgIpc) is 2.98. The molecule has 1 aliphatic heterocycles. The molecule has 0 aliphatic carbocycles. The molecule has 0 spiro atoms. The minimum atomic E-state index is -0.403. The van der Waals surface area contributed by atoms with Crippen LogP contribution >= 0.6 is 0 Å². The van der Waals surface area contributed by atoms with E-state index in [1.54, 1.807) is 0 Å². The number of rotatable bonds is 14. The molecule has 1 heterocycles. The quantitative estimate of drug-likeness (QED) is 0.377. The third-order valence-electron chi connectivity index (χ3n) is 4.52. The normalized spacial score (nSPS) is 17.3. The van der Waals surface area contributed by atoms with Crippen molar-refractivity contribution in [2.75, 3.05) is 6.61 Å². The Labute approximate surface area is 141 Å². The van der Waals surface area contributed by atoms with Crippen molar-refractivity contribution >= 4 is 11.9 Å². The number of carbonyl (C=O) groups excluding carboxylic acids is 2. The molecule has 0 radical (unpaired) electrons. The van der Waals surface area contributed by atoms with Crippen LogP contribution in [-0.2, 0) is 14.3 Å². The maximum absolute atomic E-state index is 11.7. The van der Waals surface area contributed by atoms with Crippen molar-refractivity contribution < 1.29 is 14.3 Å². The number of ether oxygens (including phenoxy) is 1. The predicted octanol–water partition coefficient (Wildman–Crippen LogP) is 4.51. The lowest BCUT2D eigenvalue weighted by Gasteiger charge is -2.09. The second-order valence-electron chi connectivity index (χ2n) is 6.72. The lowest BCUT2D eigenvalue weighted by Crippen LogP contribution is -2.34. The van der Waals surface area contributed by atoms with Crippen LogP contribution in [0.1, 0.15) is 96.8 Å². The molecule has 1 atom stereocenters. The zero-order valence-corrected chi connectivity index (χ0v) is 14.9. The van der Waals surface area contributed by atoms with E-state index in [2.05, 4.69) is 12.2 Å². The number of carbonyl (C=O) groups is 2. The van der Waals surface area contributed by atoms with E-state index in [9.17, 15) is 9.59 Å². The van der Waals surface area contributed by atoms with E-state index in [0.717, 1.165) is 12.8 Å². The van der Waals surface area contributed by atoms with Crippen LogP contribution in [0.4, 0.5) is 0 Å². The molecule has 1 N–H and O–H groups in total. The number of unbranched alkanes of at least 4 members (excludes halogenated alkanes) is 11. The van der Waals surface area contributed by atoms with Gasteiger partial charge in [-0.3, -0.25) is 4.79 Å². The standard InChI is InChI=1S/C19H35NO3/c1-2-3-4-5-6-7-8-9-10-11-12-13-16-23-19(22)17-14-15-18(21)20-17/h17H,2-16H2,1H3,(H,20,21)/t17-/m1/s1. The molecule has 1 saturated heterocycles. The molecule has 0 bridgehead atoms. The average molecular weight is 325 g/mol. The van der Waals surface area contributed by atoms with E-state index in [1.165, 1.54) is 64.2 Å². The number of esters is 1. The zero-order valence-electron chi connectivity index (χ0n) is 14.9. The molecule has 0 aromatic rings. The molecule has 1 aliphatic rings. The Balaban J connectivity index is 1.78. The SMILES string of the molecule is CCCCCCCCCCCCCCOC(=O)[C@H]1CCC(=O)N1. The van der Waals surface area contributed by atoms with Crippen molar-refractivity contribution in [1.29, 1.82) is 0 Å². The van der Waals surface area contributed by atoms with Gasteiger partial charge in [-0.1, -0.05) is 77.6 Å². The summed E-state index contributed by atoms with van der Waals surface area (Å²) in [4.78, 5) is 22.7. The molecular formula is C19H35NO3. The molecule has 0 unspecified atom stereocenters. The highest BCUT2D eigenvalue weighted by atomic mass is 16.5. The summed E-state index contributed by atoms with van der Waals surface area (Å²) in [6.45, 7) is 2.75. The van der Waals surface area contributed by atoms with Crippen molar-refractivity contribution in [3.63, 3.8) is 0 Å². The fourth-order valence-corrected chi connectivity index (χ4v) is 3.01. The molecule has 0 aromatic carbocycles. The Bertz CT molecular complexity index is 331. The summed E-state index contributed by atoms with van der Waals surface area (Å²) in [5, 5.41) is 2.64. The molecule has 1 amide bonds. The molecule has 0 saturated carbocycles. The lowest BCUT2D eigenvalue weighted by atomic mass is 10.1. The van der Waals surface area contributed by atoms with Crippen molar-refractivity contribution in [2.45, 2.75) is 103 Å². The first-order valence-electron chi connectivity index (χ1n) is 9.70. The van der Waals surface area contributed by atoms with Crippen LogP contribution < -0.4 is 5.32 Å². The van der Waals surface area contributed by atoms with Crippen molar-refractivity contribution in [3.8, 4) is 0 Å². The van der Waals surface area contributed by atoms with E-state index < -0.39 is 6.04 Å². The van der Waals surface area contributed by atoms with Crippen LogP contribution in [0.15, 0.2) is 0 Å². The van der Waals surface area contributed by atoms with Gasteiger partial charge in [0.15, 0.2) is 0 Å². The molecule has 134 valence electrons. The van der Waals surface area contributed by atoms with Gasteiger partial charge in [0, 0.05) is 6.42 Å². The van der Waals surface area contributed by atoms with Crippen LogP contribution in [0.25, 0.3) is 0 Å². The Morgan fingerprint density at radius 1 is 0.957 bits per heavy atom. The van der Waals surface area contributed by atoms with Crippen LogP contribution in [0.2, 0.25) is 0 Å². The number of hydrogen-bond acceptors (Lipinski definition) is 3. The van der Waals surface area contributed by atoms with E-state index >= 15 is 0 Å². The topological polar surface area (TPSA) is 55.4 Å². The van der Waals surface area contributed by atoms with Gasteiger partial charge in [0.25, 0.3) is 0 Å². The smallest absolute Gasteiger partial charge is 0.328 e. The first-order chi connectivity index (χ1) is 11.2. The predicted molar refractivity (Wildman–Crippen MR) is 93.2 cm³/mol. The van der Waals surface area contributed by atoms with Gasteiger partial charge in [0.2, 0.25) is 5.91 Å². The van der Waals surface area contributed by atoms with Gasteiger partial charge in [-0.2, -0.15) is 0 Å². The first-order valence-corrected chi connectivity index (χ1v) is 9.70. The van der Waals surface area contributed by atoms with Gasteiger partial charge >= 0.3 is 5.97 Å². The molecular weight excluding hydrogens is 290 g/mol. The lowest BCUT2D eigenvalue weighted by molar-refractivity contribution is -0.146. The van der Waals surface area contributed by atoms with E-state index in [-0.39, 0.29) is 11.9 Å². The van der Waals surface area contributed by atoms with E-state index in [1.807, 2.05) is 0 Å². The third-order valence-corrected chi connectivity index (χ3v) is 4.52. The molecule has 4 nitrogen and oxygen atoms in total. The van der Waals surface area contributed by atoms with Crippen LogP contribution in [-0.4, -0.2) is 24.5 Å². The van der Waals surface area contributed by atoms with Gasteiger partial charge in [0.05, 0.1) is 6.61 Å². The highest BCUT2D eigenvalue weighted by Gasteiger charge is 2.28. The number of nitrogens with one attached hydrogen (secondary N) is 1. The summed E-state index contributed by atoms with van der Waals surface area (Å²) in [6, 6.07) is -0.403. The Morgan fingerprint density at radius 2 is 1.48 bits per heavy atom. The number of hydrogen-bond donors (Lipinski definition) is 1. The second-order valence-corrected chi connectivity index (χ2v) is 6.72. The first kappa shape index (κ1) is 20.0. The highest BCUT2D eigenvalue weighted by Crippen LogP contribution is 2.12. The molecule has 0 aromatic heterocycles. The summed E-state index contributed by atoms with van der Waals surface area (Å²) in [5.74, 6) is -0.309. The fraction of sp³-hybridized carbons (Fsp3) is 0.895. The van der Waals surface area contributed by atoms with Gasteiger partial charge in [0.1, 0.15) is 6.04 Å². The second kappa shape index (κ2) is 13.4. The monoisotopic (exact) mass is 325 g/mol.